The molecule has 102 valence electrons. The third-order valence-electron chi connectivity index (χ3n) is 2.41. The molecule has 0 aliphatic carbocycles. The SMILES string of the molecule is COC(=O)/C=C/C(=O)c1ccc(OC(C)C)cc1C. The van der Waals surface area contributed by atoms with Crippen LogP contribution in [0.2, 0.25) is 0 Å². The van der Waals surface area contributed by atoms with Gasteiger partial charge in [-0.1, -0.05) is 0 Å². The van der Waals surface area contributed by atoms with Crippen molar-refractivity contribution in [3.05, 3.63) is 41.5 Å². The van der Waals surface area contributed by atoms with Crippen LogP contribution in [0.4, 0.5) is 0 Å². The summed E-state index contributed by atoms with van der Waals surface area (Å²) in [6, 6.07) is 5.24. The molecule has 0 heterocycles. The van der Waals surface area contributed by atoms with Crippen molar-refractivity contribution < 1.29 is 19.1 Å². The van der Waals surface area contributed by atoms with E-state index in [4.69, 9.17) is 4.74 Å². The summed E-state index contributed by atoms with van der Waals surface area (Å²) < 4.78 is 9.97. The van der Waals surface area contributed by atoms with E-state index in [0.717, 1.165) is 17.4 Å². The minimum absolute atomic E-state index is 0.0835. The number of esters is 1. The maximum Gasteiger partial charge on any atom is 0.330 e. The first-order chi connectivity index (χ1) is 8.93. The van der Waals surface area contributed by atoms with Crippen molar-refractivity contribution in [1.29, 1.82) is 0 Å². The van der Waals surface area contributed by atoms with Crippen LogP contribution < -0.4 is 4.74 Å². The molecule has 4 nitrogen and oxygen atoms in total. The minimum atomic E-state index is -0.550. The first-order valence-electron chi connectivity index (χ1n) is 6.01. The van der Waals surface area contributed by atoms with Crippen LogP contribution in [0, 0.1) is 6.92 Å². The van der Waals surface area contributed by atoms with Gasteiger partial charge in [-0.3, -0.25) is 4.79 Å². The van der Waals surface area contributed by atoms with Crippen LogP contribution in [0.1, 0.15) is 29.8 Å². The van der Waals surface area contributed by atoms with Crippen LogP contribution in [0.25, 0.3) is 0 Å². The Balaban J connectivity index is 2.87. The number of hydrogen-bond acceptors (Lipinski definition) is 4. The summed E-state index contributed by atoms with van der Waals surface area (Å²) in [5.74, 6) is -0.0641. The molecule has 1 aromatic carbocycles. The molecule has 19 heavy (non-hydrogen) atoms. The van der Waals surface area contributed by atoms with Crippen LogP contribution in [0.3, 0.4) is 0 Å². The Bertz CT molecular complexity index is 501. The molecule has 0 atom stereocenters. The number of benzene rings is 1. The Labute approximate surface area is 113 Å². The minimum Gasteiger partial charge on any atom is -0.491 e. The van der Waals surface area contributed by atoms with Gasteiger partial charge in [0.05, 0.1) is 13.2 Å². The van der Waals surface area contributed by atoms with Crippen LogP contribution in [0.5, 0.6) is 5.75 Å². The summed E-state index contributed by atoms with van der Waals surface area (Å²) in [5, 5.41) is 0. The molecule has 1 rings (SSSR count). The molecule has 0 radical (unpaired) electrons. The Hall–Kier alpha value is -2.10. The molecule has 0 aliphatic rings. The Morgan fingerprint density at radius 3 is 2.42 bits per heavy atom. The maximum atomic E-state index is 11.9. The number of allylic oxidation sites excluding steroid dienone is 1. The molecule has 0 unspecified atom stereocenters. The Kier molecular flexibility index (Phi) is 5.30. The predicted octanol–water partition coefficient (Wildman–Crippen LogP) is 2.69. The zero-order chi connectivity index (χ0) is 14.4. The Morgan fingerprint density at radius 2 is 1.89 bits per heavy atom. The monoisotopic (exact) mass is 262 g/mol. The molecule has 0 spiro atoms. The van der Waals surface area contributed by atoms with E-state index in [9.17, 15) is 9.59 Å². The van der Waals surface area contributed by atoms with E-state index < -0.39 is 5.97 Å². The molecule has 0 fully saturated rings. The lowest BCUT2D eigenvalue weighted by atomic mass is 10.0. The van der Waals surface area contributed by atoms with E-state index in [1.165, 1.54) is 13.2 Å². The van der Waals surface area contributed by atoms with Gasteiger partial charge in [0.1, 0.15) is 5.75 Å². The summed E-state index contributed by atoms with van der Waals surface area (Å²) >= 11 is 0. The smallest absolute Gasteiger partial charge is 0.330 e. The van der Waals surface area contributed by atoms with Gasteiger partial charge in [0.15, 0.2) is 5.78 Å². The van der Waals surface area contributed by atoms with Crippen LogP contribution >= 0.6 is 0 Å². The molecule has 4 heteroatoms. The number of ether oxygens (including phenoxy) is 2. The van der Waals surface area contributed by atoms with Crippen molar-refractivity contribution in [3.63, 3.8) is 0 Å². The summed E-state index contributed by atoms with van der Waals surface area (Å²) in [6.07, 6.45) is 2.40. The molecular weight excluding hydrogens is 244 g/mol. The van der Waals surface area contributed by atoms with Gasteiger partial charge in [0, 0.05) is 11.6 Å². The first-order valence-corrected chi connectivity index (χ1v) is 6.01. The predicted molar refractivity (Wildman–Crippen MR) is 72.4 cm³/mol. The fourth-order valence-corrected chi connectivity index (χ4v) is 1.56. The van der Waals surface area contributed by atoms with E-state index >= 15 is 0 Å². The van der Waals surface area contributed by atoms with Crippen molar-refractivity contribution in [2.45, 2.75) is 26.9 Å². The topological polar surface area (TPSA) is 52.6 Å². The summed E-state index contributed by atoms with van der Waals surface area (Å²) in [4.78, 5) is 22.8. The highest BCUT2D eigenvalue weighted by Gasteiger charge is 2.08. The van der Waals surface area contributed by atoms with Crippen LogP contribution in [-0.4, -0.2) is 25.0 Å². The number of aryl methyl sites for hydroxylation is 1. The standard InChI is InChI=1S/C15H18O4/c1-10(2)19-12-5-6-13(11(3)9-12)14(16)7-8-15(17)18-4/h5-10H,1-4H3/b8-7+. The Morgan fingerprint density at radius 1 is 1.21 bits per heavy atom. The average molecular weight is 262 g/mol. The van der Waals surface area contributed by atoms with Crippen LogP contribution in [0.15, 0.2) is 30.4 Å². The highest BCUT2D eigenvalue weighted by Crippen LogP contribution is 2.19. The zero-order valence-corrected chi connectivity index (χ0v) is 11.6. The van der Waals surface area contributed by atoms with Gasteiger partial charge in [0.2, 0.25) is 0 Å². The number of carbonyl (C=O) groups excluding carboxylic acids is 2. The normalized spacial score (nSPS) is 10.8. The van der Waals surface area contributed by atoms with Gasteiger partial charge in [0.25, 0.3) is 0 Å². The number of hydrogen-bond donors (Lipinski definition) is 0. The third-order valence-corrected chi connectivity index (χ3v) is 2.41. The second-order valence-corrected chi connectivity index (χ2v) is 4.36. The highest BCUT2D eigenvalue weighted by molar-refractivity contribution is 6.07. The molecular formula is C15H18O4. The maximum absolute atomic E-state index is 11.9. The quantitative estimate of drug-likeness (QED) is 0.465. The highest BCUT2D eigenvalue weighted by atomic mass is 16.5. The van der Waals surface area contributed by atoms with Gasteiger partial charge in [-0.05, 0) is 50.6 Å². The average Bonchev–Trinajstić information content (AvgIpc) is 2.34. The fraction of sp³-hybridized carbons (Fsp3) is 0.333. The molecule has 0 amide bonds. The number of carbonyl (C=O) groups is 2. The van der Waals surface area contributed by atoms with Crippen LogP contribution in [-0.2, 0) is 9.53 Å². The first kappa shape index (κ1) is 15.0. The summed E-state index contributed by atoms with van der Waals surface area (Å²) in [6.45, 7) is 5.70. The van der Waals surface area contributed by atoms with Crippen molar-refractivity contribution in [2.75, 3.05) is 7.11 Å². The van der Waals surface area contributed by atoms with Gasteiger partial charge in [-0.2, -0.15) is 0 Å². The molecule has 1 aromatic rings. The molecule has 0 saturated carbocycles. The van der Waals surface area contributed by atoms with Crippen molar-refractivity contribution >= 4 is 11.8 Å². The molecule has 0 aromatic heterocycles. The lowest BCUT2D eigenvalue weighted by Gasteiger charge is -2.11. The zero-order valence-electron chi connectivity index (χ0n) is 11.6. The van der Waals surface area contributed by atoms with Gasteiger partial charge in [-0.25, -0.2) is 4.79 Å². The van der Waals surface area contributed by atoms with Crippen molar-refractivity contribution in [2.24, 2.45) is 0 Å². The van der Waals surface area contributed by atoms with E-state index in [0.29, 0.717) is 5.56 Å². The van der Waals surface area contributed by atoms with E-state index in [1.54, 1.807) is 18.2 Å². The molecule has 0 aliphatic heterocycles. The van der Waals surface area contributed by atoms with Gasteiger partial charge in [-0.15, -0.1) is 0 Å². The second kappa shape index (κ2) is 6.73. The van der Waals surface area contributed by atoms with Gasteiger partial charge >= 0.3 is 5.97 Å². The van der Waals surface area contributed by atoms with E-state index in [2.05, 4.69) is 4.74 Å². The molecule has 0 N–H and O–H groups in total. The number of methoxy groups -OCH3 is 1. The molecule has 0 bridgehead atoms. The second-order valence-electron chi connectivity index (χ2n) is 4.36. The fourth-order valence-electron chi connectivity index (χ4n) is 1.56. The van der Waals surface area contributed by atoms with E-state index in [1.807, 2.05) is 20.8 Å². The number of rotatable bonds is 5. The lowest BCUT2D eigenvalue weighted by Crippen LogP contribution is -2.06. The number of ketones is 1. The van der Waals surface area contributed by atoms with Crippen molar-refractivity contribution in [1.82, 2.24) is 0 Å². The molecule has 0 saturated heterocycles. The van der Waals surface area contributed by atoms with Crippen molar-refractivity contribution in [3.8, 4) is 5.75 Å². The summed E-state index contributed by atoms with van der Waals surface area (Å²) in [7, 11) is 1.26. The third kappa shape index (κ3) is 4.58. The van der Waals surface area contributed by atoms with E-state index in [-0.39, 0.29) is 11.9 Å². The largest absolute Gasteiger partial charge is 0.491 e. The summed E-state index contributed by atoms with van der Waals surface area (Å²) in [5.41, 5.74) is 1.34. The lowest BCUT2D eigenvalue weighted by molar-refractivity contribution is -0.134. The van der Waals surface area contributed by atoms with Gasteiger partial charge < -0.3 is 9.47 Å².